The quantitative estimate of drug-likeness (QED) is 0.0215. The molecule has 0 bridgehead atoms. The van der Waals surface area contributed by atoms with E-state index in [-0.39, 0.29) is 18.9 Å². The number of hydrogen-bond acceptors (Lipinski definition) is 10. The Morgan fingerprint density at radius 1 is 0.808 bits per heavy atom. The second-order valence-electron chi connectivity index (χ2n) is 14.8. The first-order valence-corrected chi connectivity index (χ1v) is 22.3. The highest BCUT2D eigenvalue weighted by Crippen LogP contribution is 2.25. The molecule has 0 aromatic rings. The van der Waals surface area contributed by atoms with Crippen LogP contribution in [-0.2, 0) is 28.9 Å². The average Bonchev–Trinajstić information content (AvgIpc) is 3.11. The monoisotopic (exact) mass is 763 g/mol. The maximum atomic E-state index is 12.9. The number of unbranched alkanes of at least 4 members (excludes halogenated alkanes) is 23. The van der Waals surface area contributed by atoms with Crippen molar-refractivity contribution >= 4 is 16.3 Å². The van der Waals surface area contributed by atoms with Crippen molar-refractivity contribution in [1.29, 1.82) is 0 Å². The Morgan fingerprint density at radius 2 is 1.27 bits per heavy atom. The van der Waals surface area contributed by atoms with Gasteiger partial charge < -0.3 is 34.7 Å². The smallest absolute Gasteiger partial charge is 0.220 e. The molecule has 0 aliphatic carbocycles. The van der Waals surface area contributed by atoms with E-state index >= 15 is 0 Å². The third-order valence-corrected chi connectivity index (χ3v) is 10.5. The molecule has 4 unspecified atom stereocenters. The van der Waals surface area contributed by atoms with E-state index in [1.165, 1.54) is 122 Å². The van der Waals surface area contributed by atoms with Crippen molar-refractivity contribution in [1.82, 2.24) is 5.32 Å². The van der Waals surface area contributed by atoms with E-state index in [0.29, 0.717) is 6.42 Å². The minimum absolute atomic E-state index is 0.190. The van der Waals surface area contributed by atoms with E-state index < -0.39 is 53.8 Å². The zero-order chi connectivity index (χ0) is 38.3. The van der Waals surface area contributed by atoms with Gasteiger partial charge in [-0.25, -0.2) is 8.42 Å². The molecule has 6 atom stereocenters. The van der Waals surface area contributed by atoms with Gasteiger partial charge in [0.1, 0.15) is 18.3 Å². The van der Waals surface area contributed by atoms with Gasteiger partial charge in [0.2, 0.25) is 16.3 Å². The molecule has 0 saturated carbocycles. The van der Waals surface area contributed by atoms with Crippen LogP contribution in [0.15, 0.2) is 12.2 Å². The number of allylic oxidation sites excluding steroid dienone is 1. The number of amides is 1. The molecule has 1 saturated heterocycles. The molecule has 4 N–H and O–H groups in total. The Hall–Kier alpha value is -1.12. The van der Waals surface area contributed by atoms with Gasteiger partial charge in [0.15, 0.2) is 6.29 Å². The zero-order valence-electron chi connectivity index (χ0n) is 32.7. The fourth-order valence-corrected chi connectivity index (χ4v) is 7.22. The van der Waals surface area contributed by atoms with Crippen LogP contribution in [0.5, 0.6) is 0 Å². The summed E-state index contributed by atoms with van der Waals surface area (Å²) in [7, 11) is -5.13. The maximum Gasteiger partial charge on any atom is 0.220 e. The van der Waals surface area contributed by atoms with Crippen LogP contribution in [0.3, 0.4) is 0 Å². The molecular weight excluding hydrogens is 687 g/mol. The molecule has 1 rings (SSSR count). The second-order valence-corrected chi connectivity index (χ2v) is 15.8. The molecule has 1 fully saturated rings. The Morgan fingerprint density at radius 3 is 1.73 bits per heavy atom. The van der Waals surface area contributed by atoms with E-state index in [1.807, 2.05) is 6.08 Å². The van der Waals surface area contributed by atoms with Gasteiger partial charge in [0, 0.05) is 12.8 Å². The van der Waals surface area contributed by atoms with Gasteiger partial charge in [-0.15, -0.1) is 0 Å². The first-order valence-electron chi connectivity index (χ1n) is 20.9. The lowest BCUT2D eigenvalue weighted by atomic mass is 10.0. The lowest BCUT2D eigenvalue weighted by Crippen LogP contribution is -2.53. The molecule has 1 heterocycles. The molecule has 52 heavy (non-hydrogen) atoms. The third kappa shape index (κ3) is 26.6. The summed E-state index contributed by atoms with van der Waals surface area (Å²) >= 11 is 0. The van der Waals surface area contributed by atoms with Gasteiger partial charge in [-0.1, -0.05) is 167 Å². The van der Waals surface area contributed by atoms with Crippen molar-refractivity contribution in [3.63, 3.8) is 0 Å². The van der Waals surface area contributed by atoms with E-state index in [4.69, 9.17) is 9.47 Å². The topological polar surface area (TPSA) is 175 Å². The number of aliphatic hydroxyl groups excluding tert-OH is 3. The van der Waals surface area contributed by atoms with E-state index in [0.717, 1.165) is 38.5 Å². The lowest BCUT2D eigenvalue weighted by molar-refractivity contribution is -0.255. The predicted molar refractivity (Wildman–Crippen MR) is 205 cm³/mol. The van der Waals surface area contributed by atoms with Gasteiger partial charge in [-0.2, -0.15) is 0 Å². The molecule has 0 aromatic carbocycles. The van der Waals surface area contributed by atoms with Crippen molar-refractivity contribution < 1.29 is 46.7 Å². The highest BCUT2D eigenvalue weighted by Gasteiger charge is 2.40. The highest BCUT2D eigenvalue weighted by atomic mass is 32.3. The van der Waals surface area contributed by atoms with Crippen LogP contribution in [0.4, 0.5) is 0 Å². The fourth-order valence-electron chi connectivity index (χ4n) is 6.72. The van der Waals surface area contributed by atoms with Gasteiger partial charge in [0.25, 0.3) is 0 Å². The van der Waals surface area contributed by atoms with Crippen LogP contribution in [-0.4, -0.2) is 84.2 Å². The molecule has 0 aromatic heterocycles. The Bertz CT molecular complexity index is 981. The number of hydrogen-bond donors (Lipinski definition) is 4. The Kier molecular flexibility index (Phi) is 30.2. The fraction of sp³-hybridized carbons (Fsp3) is 0.925. The largest absolute Gasteiger partial charge is 0.726 e. The number of carbonyl (C=O) groups is 1. The van der Waals surface area contributed by atoms with E-state index in [1.54, 1.807) is 6.08 Å². The SMILES string of the molecule is CCCCCCCCCCCCC/C=C/[C@@H](O)[C@H](COC1CC(OS(=O)(=O)[O-])C(O)C(CO)O1)NC(=O)CCCCCCCCCCCCCCC. The van der Waals surface area contributed by atoms with Crippen molar-refractivity contribution in [2.24, 2.45) is 0 Å². The number of ether oxygens (including phenoxy) is 2. The lowest BCUT2D eigenvalue weighted by Gasteiger charge is -2.38. The second kappa shape index (κ2) is 32.2. The normalized spacial score (nSPS) is 20.7. The third-order valence-electron chi connectivity index (χ3n) is 9.97. The number of aliphatic hydroxyl groups is 3. The molecule has 12 heteroatoms. The zero-order valence-corrected chi connectivity index (χ0v) is 33.5. The van der Waals surface area contributed by atoms with Gasteiger partial charge in [0.05, 0.1) is 25.4 Å². The highest BCUT2D eigenvalue weighted by molar-refractivity contribution is 7.80. The van der Waals surface area contributed by atoms with Gasteiger partial charge in [-0.3, -0.25) is 8.98 Å². The Labute approximate surface area is 317 Å². The first-order chi connectivity index (χ1) is 25.1. The average molecular weight is 763 g/mol. The summed E-state index contributed by atoms with van der Waals surface area (Å²) in [6.45, 7) is 3.62. The summed E-state index contributed by atoms with van der Waals surface area (Å²) in [5, 5.41) is 33.8. The van der Waals surface area contributed by atoms with Crippen molar-refractivity contribution in [3.05, 3.63) is 12.2 Å². The summed E-state index contributed by atoms with van der Waals surface area (Å²) in [5.74, 6) is -0.207. The van der Waals surface area contributed by atoms with Gasteiger partial charge >= 0.3 is 0 Å². The number of rotatable bonds is 35. The van der Waals surface area contributed by atoms with Crippen LogP contribution in [0, 0.1) is 0 Å². The maximum absolute atomic E-state index is 12.9. The summed E-state index contributed by atoms with van der Waals surface area (Å²) < 4.78 is 49.4. The first kappa shape index (κ1) is 48.9. The van der Waals surface area contributed by atoms with Crippen LogP contribution >= 0.6 is 0 Å². The summed E-state index contributed by atoms with van der Waals surface area (Å²) in [4.78, 5) is 12.9. The molecule has 0 spiro atoms. The van der Waals surface area contributed by atoms with Crippen LogP contribution in [0.2, 0.25) is 0 Å². The molecule has 1 amide bonds. The van der Waals surface area contributed by atoms with Crippen molar-refractivity contribution in [2.45, 2.75) is 224 Å². The summed E-state index contributed by atoms with van der Waals surface area (Å²) in [5.41, 5.74) is 0. The van der Waals surface area contributed by atoms with Gasteiger partial charge in [-0.05, 0) is 19.3 Å². The molecule has 1 aliphatic heterocycles. The van der Waals surface area contributed by atoms with E-state index in [9.17, 15) is 33.1 Å². The standard InChI is InChI=1S/C40H77NO10S/c1-3-5-7-9-11-13-15-17-19-21-23-25-27-29-35(43)34(33-49-39-31-36(51-52(46,47)48)40(45)37(32-42)50-39)41-38(44)30-28-26-24-22-20-18-16-14-12-10-8-6-4-2/h27,29,34-37,39-40,42-43,45H,3-26,28,30-33H2,1-2H3,(H,41,44)(H,46,47,48)/p-1/b29-27+/t34-,35+,36?,37?,39?,40?/m0/s1. The minimum Gasteiger partial charge on any atom is -0.726 e. The van der Waals surface area contributed by atoms with Crippen LogP contribution < -0.4 is 5.32 Å². The van der Waals surface area contributed by atoms with Crippen molar-refractivity contribution in [3.8, 4) is 0 Å². The number of carbonyl (C=O) groups excluding carboxylic acids is 1. The van der Waals surface area contributed by atoms with Crippen LogP contribution in [0.25, 0.3) is 0 Å². The van der Waals surface area contributed by atoms with Crippen LogP contribution in [0.1, 0.15) is 187 Å². The Balaban J connectivity index is 2.53. The van der Waals surface area contributed by atoms with E-state index in [2.05, 4.69) is 23.3 Å². The predicted octanol–water partition coefficient (Wildman–Crippen LogP) is 7.90. The van der Waals surface area contributed by atoms with Crippen molar-refractivity contribution in [2.75, 3.05) is 13.2 Å². The summed E-state index contributed by atoms with van der Waals surface area (Å²) in [6, 6.07) is -0.825. The molecule has 0 radical (unpaired) electrons. The molecule has 11 nitrogen and oxygen atoms in total. The number of nitrogens with one attached hydrogen (secondary N) is 1. The minimum atomic E-state index is -5.13. The molecule has 1 aliphatic rings. The molecule has 308 valence electrons. The summed E-state index contributed by atoms with van der Waals surface area (Å²) in [6.07, 6.45) is 27.4. The molecular formula is C40H76NO10S-.